The van der Waals surface area contributed by atoms with Gasteiger partial charge in [-0.3, -0.25) is 9.80 Å². The second kappa shape index (κ2) is 8.46. The molecule has 124 valence electrons. The van der Waals surface area contributed by atoms with E-state index in [2.05, 4.69) is 31.0 Å². The molecule has 1 aromatic rings. The molecule has 23 heavy (non-hydrogen) atoms. The topological polar surface area (TPSA) is 30.9 Å². The molecule has 3 rings (SSSR count). The molecule has 0 aliphatic carbocycles. The van der Waals surface area contributed by atoms with Gasteiger partial charge in [-0.1, -0.05) is 40.2 Å². The summed E-state index contributed by atoms with van der Waals surface area (Å²) in [5, 5.41) is 5.08. The van der Waals surface area contributed by atoms with Crippen LogP contribution in [0.3, 0.4) is 0 Å². The molecule has 1 N–H and O–H groups in total. The van der Waals surface area contributed by atoms with Gasteiger partial charge in [0.25, 0.3) is 0 Å². The van der Waals surface area contributed by atoms with Crippen molar-refractivity contribution in [3.63, 3.8) is 0 Å². The van der Waals surface area contributed by atoms with Crippen LogP contribution in [0.1, 0.15) is 19.3 Å². The van der Waals surface area contributed by atoms with Gasteiger partial charge in [0.2, 0.25) is 0 Å². The number of nitrogens with zero attached hydrogens (tertiary/aromatic N) is 3. The van der Waals surface area contributed by atoms with E-state index < -0.39 is 0 Å². The first-order chi connectivity index (χ1) is 11.2. The van der Waals surface area contributed by atoms with Crippen LogP contribution >= 0.6 is 39.9 Å². The summed E-state index contributed by atoms with van der Waals surface area (Å²) in [5.41, 5.74) is 0.997. The lowest BCUT2D eigenvalue weighted by Crippen LogP contribution is -2.36. The van der Waals surface area contributed by atoms with Gasteiger partial charge in [-0.15, -0.1) is 0 Å². The zero-order chi connectivity index (χ0) is 16.1. The van der Waals surface area contributed by atoms with Crippen LogP contribution in [0.5, 0.6) is 0 Å². The molecule has 0 radical (unpaired) electrons. The van der Waals surface area contributed by atoms with E-state index in [1.54, 1.807) is 11.8 Å². The zero-order valence-corrected chi connectivity index (χ0v) is 16.2. The van der Waals surface area contributed by atoms with Crippen molar-refractivity contribution < 1.29 is 0 Å². The third kappa shape index (κ3) is 4.92. The molecule has 0 aromatic heterocycles. The number of likely N-dealkylation sites (tertiary alicyclic amines) is 1. The average Bonchev–Trinajstić information content (AvgIpc) is 3.02. The van der Waals surface area contributed by atoms with Gasteiger partial charge in [0.05, 0.1) is 6.67 Å². The van der Waals surface area contributed by atoms with E-state index in [4.69, 9.17) is 17.2 Å². The van der Waals surface area contributed by atoms with E-state index in [0.717, 1.165) is 39.4 Å². The minimum Gasteiger partial charge on any atom is -0.332 e. The largest absolute Gasteiger partial charge is 0.332 e. The highest BCUT2D eigenvalue weighted by atomic mass is 79.9. The van der Waals surface area contributed by atoms with Gasteiger partial charge in [0.15, 0.2) is 10.3 Å². The number of benzene rings is 1. The Balaban J connectivity index is 1.60. The summed E-state index contributed by atoms with van der Waals surface area (Å²) in [6, 6.07) is 8.05. The monoisotopic (exact) mass is 412 g/mol. The lowest BCUT2D eigenvalue weighted by atomic mass is 10.1. The van der Waals surface area contributed by atoms with Crippen LogP contribution in [0.25, 0.3) is 0 Å². The van der Waals surface area contributed by atoms with Gasteiger partial charge in [0.1, 0.15) is 0 Å². The summed E-state index contributed by atoms with van der Waals surface area (Å²) in [5.74, 6) is 1.04. The van der Waals surface area contributed by atoms with Crippen LogP contribution in [0.4, 0.5) is 5.69 Å². The molecular formula is C16H21BrN4S2. The minimum atomic E-state index is 0.727. The standard InChI is InChI=1S/C16H21BrN4S2/c17-13-5-4-6-14(11-13)19-15(22)21-9-10-23-16(21)18-12-20-7-2-1-3-8-20/h4-6,11H,1-3,7-10,12H2,(H,19,22). The van der Waals surface area contributed by atoms with Crippen LogP contribution in [-0.4, -0.2) is 52.1 Å². The van der Waals surface area contributed by atoms with Crippen LogP contribution in [0.2, 0.25) is 0 Å². The Morgan fingerprint density at radius 2 is 2.09 bits per heavy atom. The van der Waals surface area contributed by atoms with Crippen LogP contribution in [0, 0.1) is 0 Å². The predicted molar refractivity (Wildman–Crippen MR) is 107 cm³/mol. The number of halogens is 1. The number of thiocarbonyl (C=S) groups is 1. The smallest absolute Gasteiger partial charge is 0.179 e. The van der Waals surface area contributed by atoms with Crippen LogP contribution in [-0.2, 0) is 0 Å². The summed E-state index contributed by atoms with van der Waals surface area (Å²) in [4.78, 5) is 9.35. The van der Waals surface area contributed by atoms with E-state index in [1.807, 2.05) is 24.3 Å². The molecule has 2 heterocycles. The predicted octanol–water partition coefficient (Wildman–Crippen LogP) is 3.99. The van der Waals surface area contributed by atoms with Crippen molar-refractivity contribution in [3.8, 4) is 0 Å². The number of anilines is 1. The van der Waals surface area contributed by atoms with Crippen molar-refractivity contribution in [3.05, 3.63) is 28.7 Å². The molecule has 0 spiro atoms. The number of thioether (sulfide) groups is 1. The highest BCUT2D eigenvalue weighted by Gasteiger charge is 2.23. The van der Waals surface area contributed by atoms with Crippen molar-refractivity contribution >= 4 is 55.9 Å². The molecule has 0 unspecified atom stereocenters. The summed E-state index contributed by atoms with van der Waals surface area (Å²) in [6.07, 6.45) is 3.95. The van der Waals surface area contributed by atoms with Crippen molar-refractivity contribution in [2.45, 2.75) is 19.3 Å². The summed E-state index contributed by atoms with van der Waals surface area (Å²) >= 11 is 10.9. The SMILES string of the molecule is S=C(Nc1cccc(Br)c1)N1CCSC1=NCN1CCCCC1. The van der Waals surface area contributed by atoms with Gasteiger partial charge in [-0.25, -0.2) is 4.99 Å². The summed E-state index contributed by atoms with van der Waals surface area (Å²) in [7, 11) is 0. The van der Waals surface area contributed by atoms with Crippen molar-refractivity contribution in [2.24, 2.45) is 4.99 Å². The minimum absolute atomic E-state index is 0.727. The third-order valence-electron chi connectivity index (χ3n) is 3.95. The van der Waals surface area contributed by atoms with E-state index in [-0.39, 0.29) is 0 Å². The fourth-order valence-corrected chi connectivity index (χ4v) is 4.44. The molecule has 0 atom stereocenters. The lowest BCUT2D eigenvalue weighted by molar-refractivity contribution is 0.235. The highest BCUT2D eigenvalue weighted by molar-refractivity contribution is 9.10. The van der Waals surface area contributed by atoms with Gasteiger partial charge >= 0.3 is 0 Å². The number of hydrogen-bond donors (Lipinski definition) is 1. The number of nitrogens with one attached hydrogen (secondary N) is 1. The fourth-order valence-electron chi connectivity index (χ4n) is 2.74. The molecule has 4 nitrogen and oxygen atoms in total. The molecule has 2 aliphatic rings. The van der Waals surface area contributed by atoms with Gasteiger partial charge < -0.3 is 5.32 Å². The Morgan fingerprint density at radius 3 is 2.87 bits per heavy atom. The molecule has 1 aromatic carbocycles. The number of hydrogen-bond acceptors (Lipinski definition) is 4. The first-order valence-corrected chi connectivity index (χ1v) is 10.1. The quantitative estimate of drug-likeness (QED) is 0.758. The third-order valence-corrected chi connectivity index (χ3v) is 5.76. The van der Waals surface area contributed by atoms with Crippen molar-refractivity contribution in [2.75, 3.05) is 37.4 Å². The molecule has 2 saturated heterocycles. The Labute approximate surface area is 155 Å². The highest BCUT2D eigenvalue weighted by Crippen LogP contribution is 2.21. The molecule has 0 saturated carbocycles. The number of piperidine rings is 1. The van der Waals surface area contributed by atoms with Crippen LogP contribution < -0.4 is 5.32 Å². The maximum Gasteiger partial charge on any atom is 0.179 e. The van der Waals surface area contributed by atoms with Gasteiger partial charge in [-0.2, -0.15) is 0 Å². The van der Waals surface area contributed by atoms with E-state index in [9.17, 15) is 0 Å². The molecule has 0 amide bonds. The zero-order valence-electron chi connectivity index (χ0n) is 13.0. The molecule has 2 fully saturated rings. The molecule has 0 bridgehead atoms. The summed E-state index contributed by atoms with van der Waals surface area (Å²) in [6.45, 7) is 4.05. The lowest BCUT2D eigenvalue weighted by Gasteiger charge is -2.25. The van der Waals surface area contributed by atoms with E-state index >= 15 is 0 Å². The molecule has 7 heteroatoms. The average molecular weight is 413 g/mol. The van der Waals surface area contributed by atoms with Gasteiger partial charge in [0, 0.05) is 22.5 Å². The normalized spacial score (nSPS) is 20.9. The molecular weight excluding hydrogens is 392 g/mol. The van der Waals surface area contributed by atoms with Crippen molar-refractivity contribution in [1.29, 1.82) is 0 Å². The first kappa shape index (κ1) is 17.2. The van der Waals surface area contributed by atoms with E-state index in [0.29, 0.717) is 0 Å². The number of rotatable bonds is 3. The first-order valence-electron chi connectivity index (χ1n) is 7.96. The van der Waals surface area contributed by atoms with Gasteiger partial charge in [-0.05, 0) is 56.3 Å². The maximum atomic E-state index is 5.58. The van der Waals surface area contributed by atoms with Crippen molar-refractivity contribution in [1.82, 2.24) is 9.80 Å². The second-order valence-corrected chi connectivity index (χ2v) is 8.07. The Hall–Kier alpha value is -0.630. The number of aliphatic imine (C=N–C) groups is 1. The van der Waals surface area contributed by atoms with E-state index in [1.165, 1.54) is 32.4 Å². The number of amidine groups is 1. The van der Waals surface area contributed by atoms with Crippen LogP contribution in [0.15, 0.2) is 33.7 Å². The maximum absolute atomic E-state index is 5.58. The second-order valence-electron chi connectivity index (χ2n) is 5.70. The fraction of sp³-hybridized carbons (Fsp3) is 0.500. The Morgan fingerprint density at radius 1 is 1.26 bits per heavy atom. The molecule has 2 aliphatic heterocycles. The Kier molecular flexibility index (Phi) is 6.33. The Bertz CT molecular complexity index is 587. The summed E-state index contributed by atoms with van der Waals surface area (Å²) < 4.78 is 1.04.